The van der Waals surface area contributed by atoms with Gasteiger partial charge in [0.05, 0.1) is 25.4 Å². The fourth-order valence-electron chi connectivity index (χ4n) is 7.57. The Balaban J connectivity index is 3.48. The highest BCUT2D eigenvalue weighted by Crippen LogP contribution is 2.15. The van der Waals surface area contributed by atoms with Gasteiger partial charge in [0.1, 0.15) is 0 Å². The van der Waals surface area contributed by atoms with Crippen LogP contribution in [0.2, 0.25) is 0 Å². The number of unbranched alkanes of at least 4 members (excludes halogenated alkanes) is 33. The third-order valence-corrected chi connectivity index (χ3v) is 11.5. The SMILES string of the molecule is CCCCCCCCCCC/C=C/C(O)C(CO)NC(=O)CCCCCCC/C=C\CCCCCCCCCOC(=O)CCCCCCCCCCCCCCC. The van der Waals surface area contributed by atoms with Crippen LogP contribution in [0.25, 0.3) is 0 Å². The van der Waals surface area contributed by atoms with Crippen molar-refractivity contribution in [3.63, 3.8) is 0 Å². The van der Waals surface area contributed by atoms with Gasteiger partial charge in [0.2, 0.25) is 5.91 Å². The molecule has 0 heterocycles. The molecule has 0 saturated carbocycles. The number of esters is 1. The molecule has 0 rings (SSSR count). The standard InChI is InChI=1S/C51H97NO5/c1-3-5-7-9-11-13-15-20-25-29-33-37-41-45-51(56)57-46-42-38-34-30-26-22-19-17-16-18-21-24-28-32-36-40-44-50(55)52-48(47-53)49(54)43-39-35-31-27-23-14-12-10-8-6-4-2/h16,18,39,43,48-49,53-54H,3-15,17,19-38,40-42,44-47H2,1-2H3,(H,52,55)/b18-16-,43-39+. The van der Waals surface area contributed by atoms with Gasteiger partial charge in [-0.25, -0.2) is 0 Å². The van der Waals surface area contributed by atoms with E-state index in [1.165, 1.54) is 173 Å². The van der Waals surface area contributed by atoms with Crippen molar-refractivity contribution in [2.75, 3.05) is 13.2 Å². The van der Waals surface area contributed by atoms with Gasteiger partial charge in [0.15, 0.2) is 0 Å². The van der Waals surface area contributed by atoms with E-state index in [2.05, 4.69) is 31.3 Å². The molecule has 0 saturated heterocycles. The van der Waals surface area contributed by atoms with Gasteiger partial charge in [0.25, 0.3) is 0 Å². The quantitative estimate of drug-likeness (QED) is 0.0324. The molecule has 2 atom stereocenters. The van der Waals surface area contributed by atoms with Crippen molar-refractivity contribution in [2.24, 2.45) is 0 Å². The predicted molar refractivity (Wildman–Crippen MR) is 246 cm³/mol. The van der Waals surface area contributed by atoms with Crippen molar-refractivity contribution >= 4 is 11.9 Å². The highest BCUT2D eigenvalue weighted by Gasteiger charge is 2.18. The van der Waals surface area contributed by atoms with Crippen LogP contribution >= 0.6 is 0 Å². The lowest BCUT2D eigenvalue weighted by molar-refractivity contribution is -0.143. The van der Waals surface area contributed by atoms with Gasteiger partial charge < -0.3 is 20.3 Å². The molecule has 0 aromatic heterocycles. The Morgan fingerprint density at radius 1 is 0.474 bits per heavy atom. The van der Waals surface area contributed by atoms with E-state index in [0.29, 0.717) is 19.4 Å². The lowest BCUT2D eigenvalue weighted by Crippen LogP contribution is -2.45. The van der Waals surface area contributed by atoms with E-state index >= 15 is 0 Å². The first-order valence-electron chi connectivity index (χ1n) is 25.1. The van der Waals surface area contributed by atoms with E-state index in [1.807, 2.05) is 6.08 Å². The molecule has 0 aliphatic carbocycles. The molecule has 0 fully saturated rings. The number of amides is 1. The topological polar surface area (TPSA) is 95.9 Å². The lowest BCUT2D eigenvalue weighted by Gasteiger charge is -2.20. The van der Waals surface area contributed by atoms with Crippen molar-refractivity contribution in [1.29, 1.82) is 0 Å². The molecular formula is C51H97NO5. The van der Waals surface area contributed by atoms with Crippen LogP contribution in [0.5, 0.6) is 0 Å². The van der Waals surface area contributed by atoms with E-state index in [1.54, 1.807) is 6.08 Å². The van der Waals surface area contributed by atoms with Crippen molar-refractivity contribution in [2.45, 2.75) is 276 Å². The number of aliphatic hydroxyl groups excluding tert-OH is 2. The van der Waals surface area contributed by atoms with Crippen LogP contribution < -0.4 is 5.32 Å². The van der Waals surface area contributed by atoms with Crippen LogP contribution in [0.1, 0.15) is 264 Å². The van der Waals surface area contributed by atoms with Crippen LogP contribution in [0.3, 0.4) is 0 Å². The number of nitrogens with one attached hydrogen (secondary N) is 1. The molecule has 0 aromatic rings. The van der Waals surface area contributed by atoms with Crippen molar-refractivity contribution < 1.29 is 24.5 Å². The first-order chi connectivity index (χ1) is 28.0. The molecule has 336 valence electrons. The molecule has 0 bridgehead atoms. The summed E-state index contributed by atoms with van der Waals surface area (Å²) in [5.74, 6) is -0.0896. The molecule has 0 spiro atoms. The Labute approximate surface area is 354 Å². The first kappa shape index (κ1) is 55.3. The molecule has 0 aliphatic rings. The molecule has 6 heteroatoms. The van der Waals surface area contributed by atoms with Crippen LogP contribution in [-0.4, -0.2) is 47.4 Å². The fourth-order valence-corrected chi connectivity index (χ4v) is 7.57. The van der Waals surface area contributed by atoms with E-state index in [-0.39, 0.29) is 18.5 Å². The van der Waals surface area contributed by atoms with Crippen LogP contribution in [0.15, 0.2) is 24.3 Å². The van der Waals surface area contributed by atoms with Gasteiger partial charge >= 0.3 is 5.97 Å². The number of rotatable bonds is 46. The number of hydrogen-bond donors (Lipinski definition) is 3. The normalized spacial score (nSPS) is 12.8. The second kappa shape index (κ2) is 47.0. The molecule has 2 unspecified atom stereocenters. The second-order valence-electron chi connectivity index (χ2n) is 17.1. The highest BCUT2D eigenvalue weighted by molar-refractivity contribution is 5.76. The summed E-state index contributed by atoms with van der Waals surface area (Å²) in [7, 11) is 0. The van der Waals surface area contributed by atoms with E-state index in [0.717, 1.165) is 64.2 Å². The minimum Gasteiger partial charge on any atom is -0.466 e. The number of allylic oxidation sites excluding steroid dienone is 3. The molecule has 6 nitrogen and oxygen atoms in total. The number of carbonyl (C=O) groups excluding carboxylic acids is 2. The molecule has 0 radical (unpaired) electrons. The third-order valence-electron chi connectivity index (χ3n) is 11.5. The van der Waals surface area contributed by atoms with Crippen molar-refractivity contribution in [1.82, 2.24) is 5.32 Å². The summed E-state index contributed by atoms with van der Waals surface area (Å²) in [5.41, 5.74) is 0. The van der Waals surface area contributed by atoms with Gasteiger partial charge in [-0.3, -0.25) is 9.59 Å². The fraction of sp³-hybridized carbons (Fsp3) is 0.882. The van der Waals surface area contributed by atoms with Gasteiger partial charge in [-0.05, 0) is 57.8 Å². The van der Waals surface area contributed by atoms with Gasteiger partial charge in [0, 0.05) is 12.8 Å². The predicted octanol–water partition coefficient (Wildman–Crippen LogP) is 14.7. The van der Waals surface area contributed by atoms with Crippen LogP contribution in [0, 0.1) is 0 Å². The first-order valence-corrected chi connectivity index (χ1v) is 25.1. The molecule has 3 N–H and O–H groups in total. The Kier molecular flexibility index (Phi) is 45.7. The maximum Gasteiger partial charge on any atom is 0.305 e. The van der Waals surface area contributed by atoms with Gasteiger partial charge in [-0.1, -0.05) is 218 Å². The summed E-state index contributed by atoms with van der Waals surface area (Å²) < 4.78 is 5.45. The van der Waals surface area contributed by atoms with E-state index in [4.69, 9.17) is 4.74 Å². The molecule has 57 heavy (non-hydrogen) atoms. The van der Waals surface area contributed by atoms with E-state index < -0.39 is 12.1 Å². The third kappa shape index (κ3) is 43.7. The Hall–Kier alpha value is -1.66. The number of hydrogen-bond acceptors (Lipinski definition) is 5. The number of aliphatic hydroxyl groups is 2. The lowest BCUT2D eigenvalue weighted by atomic mass is 10.0. The zero-order valence-corrected chi connectivity index (χ0v) is 38.1. The monoisotopic (exact) mass is 804 g/mol. The smallest absolute Gasteiger partial charge is 0.305 e. The van der Waals surface area contributed by atoms with E-state index in [9.17, 15) is 19.8 Å². The summed E-state index contributed by atoms with van der Waals surface area (Å²) in [4.78, 5) is 24.4. The van der Waals surface area contributed by atoms with Gasteiger partial charge in [-0.15, -0.1) is 0 Å². The van der Waals surface area contributed by atoms with Crippen LogP contribution in [-0.2, 0) is 14.3 Å². The Morgan fingerprint density at radius 3 is 1.25 bits per heavy atom. The summed E-state index contributed by atoms with van der Waals surface area (Å²) in [5, 5.41) is 22.9. The van der Waals surface area contributed by atoms with Crippen molar-refractivity contribution in [3.8, 4) is 0 Å². The van der Waals surface area contributed by atoms with Gasteiger partial charge in [-0.2, -0.15) is 0 Å². The molecule has 0 aliphatic heterocycles. The summed E-state index contributed by atoms with van der Waals surface area (Å²) in [6, 6.07) is -0.638. The number of ether oxygens (including phenoxy) is 1. The summed E-state index contributed by atoms with van der Waals surface area (Å²) >= 11 is 0. The maximum atomic E-state index is 12.4. The average Bonchev–Trinajstić information content (AvgIpc) is 3.21. The minimum absolute atomic E-state index is 0.00296. The summed E-state index contributed by atoms with van der Waals surface area (Å²) in [6.07, 6.45) is 54.6. The Bertz CT molecular complexity index is 889. The zero-order valence-electron chi connectivity index (χ0n) is 38.1. The molecule has 1 amide bonds. The number of carbonyl (C=O) groups is 2. The Morgan fingerprint density at radius 2 is 0.825 bits per heavy atom. The maximum absolute atomic E-state index is 12.4. The van der Waals surface area contributed by atoms with Crippen molar-refractivity contribution in [3.05, 3.63) is 24.3 Å². The largest absolute Gasteiger partial charge is 0.466 e. The van der Waals surface area contributed by atoms with Crippen LogP contribution in [0.4, 0.5) is 0 Å². The molecule has 0 aromatic carbocycles. The summed E-state index contributed by atoms with van der Waals surface area (Å²) in [6.45, 7) is 4.86. The average molecular weight is 804 g/mol. The zero-order chi connectivity index (χ0) is 41.5. The molecular weight excluding hydrogens is 707 g/mol. The second-order valence-corrected chi connectivity index (χ2v) is 17.1. The minimum atomic E-state index is -0.852. The highest BCUT2D eigenvalue weighted by atomic mass is 16.5.